The first-order valence-electron chi connectivity index (χ1n) is 9.33. The Labute approximate surface area is 167 Å². The van der Waals surface area contributed by atoms with E-state index < -0.39 is 11.6 Å². The summed E-state index contributed by atoms with van der Waals surface area (Å²) in [6.07, 6.45) is 0.967. The molecule has 0 aromatic heterocycles. The average Bonchev–Trinajstić information content (AvgIpc) is 2.93. The Morgan fingerprint density at radius 1 is 1.25 bits per heavy atom. The third-order valence-electron chi connectivity index (χ3n) is 5.77. The molecule has 2 aromatic rings. The number of nitrogens with zero attached hydrogens (tertiary/aromatic N) is 2. The van der Waals surface area contributed by atoms with Crippen molar-refractivity contribution in [1.82, 2.24) is 4.90 Å². The summed E-state index contributed by atoms with van der Waals surface area (Å²) in [6.45, 7) is 0.571. The Morgan fingerprint density at radius 2 is 2.07 bits per heavy atom. The van der Waals surface area contributed by atoms with E-state index in [1.165, 1.54) is 4.90 Å². The van der Waals surface area contributed by atoms with Gasteiger partial charge in [-0.2, -0.15) is 0 Å². The fraction of sp³-hybridized carbons (Fsp3) is 0.333. The summed E-state index contributed by atoms with van der Waals surface area (Å²) in [6, 6.07) is 13.4. The molecule has 0 unspecified atom stereocenters. The molecule has 5 rings (SSSR count). The molecule has 1 saturated heterocycles. The lowest BCUT2D eigenvalue weighted by Gasteiger charge is -2.45. The highest BCUT2D eigenvalue weighted by atomic mass is 35.5. The predicted molar refractivity (Wildman–Crippen MR) is 106 cm³/mol. The molecule has 1 amide bonds. The van der Waals surface area contributed by atoms with Crippen molar-refractivity contribution < 1.29 is 14.3 Å². The van der Waals surface area contributed by atoms with Crippen LogP contribution in [-0.2, 0) is 15.1 Å². The van der Waals surface area contributed by atoms with Crippen molar-refractivity contribution in [2.45, 2.75) is 30.6 Å². The quantitative estimate of drug-likeness (QED) is 0.802. The maximum absolute atomic E-state index is 13.4. The molecule has 0 saturated carbocycles. The molecule has 1 fully saturated rings. The maximum atomic E-state index is 13.4. The van der Waals surface area contributed by atoms with Gasteiger partial charge in [-0.1, -0.05) is 29.8 Å². The van der Waals surface area contributed by atoms with Crippen LogP contribution < -0.4 is 10.5 Å². The molecule has 2 N–H and O–H groups in total. The SMILES string of the molecule is CN1C(=O)[C@]2(N=C1N)c1cc(-c3cccc(Cl)c3)ccc1O[C@H]1CCCO[C@@H]12. The zero-order valence-corrected chi connectivity index (χ0v) is 16.1. The normalized spacial score (nSPS) is 28.6. The van der Waals surface area contributed by atoms with Gasteiger partial charge >= 0.3 is 0 Å². The van der Waals surface area contributed by atoms with E-state index in [0.717, 1.165) is 24.0 Å². The van der Waals surface area contributed by atoms with Crippen LogP contribution in [0, 0.1) is 0 Å². The number of halogens is 1. The number of benzene rings is 2. The smallest absolute Gasteiger partial charge is 0.264 e. The average molecular weight is 398 g/mol. The van der Waals surface area contributed by atoms with Gasteiger partial charge in [0, 0.05) is 24.2 Å². The Kier molecular flexibility index (Phi) is 3.89. The molecule has 2 aromatic carbocycles. The number of amides is 1. The third kappa shape index (κ3) is 2.38. The zero-order chi connectivity index (χ0) is 19.5. The van der Waals surface area contributed by atoms with Crippen LogP contribution in [-0.4, -0.2) is 42.6 Å². The molecule has 28 heavy (non-hydrogen) atoms. The van der Waals surface area contributed by atoms with Gasteiger partial charge in [0.2, 0.25) is 5.54 Å². The van der Waals surface area contributed by atoms with E-state index in [-0.39, 0.29) is 18.0 Å². The van der Waals surface area contributed by atoms with Gasteiger partial charge in [-0.3, -0.25) is 9.69 Å². The van der Waals surface area contributed by atoms with Crippen molar-refractivity contribution in [3.8, 4) is 16.9 Å². The summed E-state index contributed by atoms with van der Waals surface area (Å²) in [4.78, 5) is 19.4. The van der Waals surface area contributed by atoms with Crippen LogP contribution in [0.1, 0.15) is 18.4 Å². The topological polar surface area (TPSA) is 77.2 Å². The first kappa shape index (κ1) is 17.5. The number of rotatable bonds is 1. The van der Waals surface area contributed by atoms with E-state index in [9.17, 15) is 4.79 Å². The first-order chi connectivity index (χ1) is 13.5. The van der Waals surface area contributed by atoms with Gasteiger partial charge in [0.05, 0.1) is 0 Å². The van der Waals surface area contributed by atoms with Crippen molar-refractivity contribution in [2.24, 2.45) is 10.7 Å². The van der Waals surface area contributed by atoms with Crippen molar-refractivity contribution in [3.05, 3.63) is 53.1 Å². The highest BCUT2D eigenvalue weighted by molar-refractivity contribution is 6.30. The molecule has 3 aliphatic rings. The Hall–Kier alpha value is -2.57. The van der Waals surface area contributed by atoms with E-state index in [1.807, 2.05) is 42.5 Å². The summed E-state index contributed by atoms with van der Waals surface area (Å²) < 4.78 is 12.3. The van der Waals surface area contributed by atoms with Crippen LogP contribution in [0.2, 0.25) is 5.02 Å². The largest absolute Gasteiger partial charge is 0.487 e. The Balaban J connectivity index is 1.73. The molecule has 3 heterocycles. The van der Waals surface area contributed by atoms with Crippen LogP contribution in [0.5, 0.6) is 5.75 Å². The number of guanidine groups is 1. The number of carbonyl (C=O) groups excluding carboxylic acids is 1. The van der Waals surface area contributed by atoms with E-state index in [1.54, 1.807) is 7.05 Å². The lowest BCUT2D eigenvalue weighted by Crippen LogP contribution is -2.58. The second-order valence-electron chi connectivity index (χ2n) is 7.41. The highest BCUT2D eigenvalue weighted by Gasteiger charge is 2.61. The number of aliphatic imine (C=N–C) groups is 1. The van der Waals surface area contributed by atoms with E-state index in [0.29, 0.717) is 22.9 Å². The molecule has 7 heteroatoms. The first-order valence-corrected chi connectivity index (χ1v) is 9.71. The number of hydrogen-bond donors (Lipinski definition) is 1. The highest BCUT2D eigenvalue weighted by Crippen LogP contribution is 2.50. The Morgan fingerprint density at radius 3 is 2.82 bits per heavy atom. The van der Waals surface area contributed by atoms with Gasteiger partial charge in [-0.15, -0.1) is 0 Å². The standard InChI is InChI=1S/C21H20ClN3O3/c1-25-19(26)21(24-20(25)23)15-11-13(12-4-2-5-14(22)10-12)7-8-16(15)28-17-6-3-9-27-18(17)21/h2,4-5,7-8,10-11,17-18H,3,6,9H2,1H3,(H2,23,24)/t17-,18-,21-/m0/s1. The summed E-state index contributed by atoms with van der Waals surface area (Å²) in [7, 11) is 1.64. The minimum atomic E-state index is -1.22. The lowest BCUT2D eigenvalue weighted by molar-refractivity contribution is -0.151. The van der Waals surface area contributed by atoms with Crippen molar-refractivity contribution in [1.29, 1.82) is 0 Å². The lowest BCUT2D eigenvalue weighted by atomic mass is 9.76. The fourth-order valence-electron chi connectivity index (χ4n) is 4.38. The molecular weight excluding hydrogens is 378 g/mol. The van der Waals surface area contributed by atoms with Gasteiger partial charge in [0.25, 0.3) is 5.91 Å². The van der Waals surface area contributed by atoms with Gasteiger partial charge in [-0.25, -0.2) is 4.99 Å². The second-order valence-corrected chi connectivity index (χ2v) is 7.85. The number of likely N-dealkylation sites (N-methyl/N-ethyl adjacent to an activating group) is 1. The second kappa shape index (κ2) is 6.22. The number of fused-ring (bicyclic) bond motifs is 4. The molecule has 3 atom stereocenters. The number of hydrogen-bond acceptors (Lipinski definition) is 5. The Bertz CT molecular complexity index is 1010. The molecular formula is C21H20ClN3O3. The summed E-state index contributed by atoms with van der Waals surface area (Å²) >= 11 is 6.17. The van der Waals surface area contributed by atoms with Gasteiger partial charge in [0.1, 0.15) is 18.0 Å². The van der Waals surface area contributed by atoms with E-state index in [4.69, 9.17) is 26.8 Å². The number of nitrogens with two attached hydrogens (primary N) is 1. The number of carbonyl (C=O) groups is 1. The van der Waals surface area contributed by atoms with Crippen LogP contribution in [0.4, 0.5) is 0 Å². The number of ether oxygens (including phenoxy) is 2. The zero-order valence-electron chi connectivity index (χ0n) is 15.4. The van der Waals surface area contributed by atoms with Gasteiger partial charge in [0.15, 0.2) is 5.96 Å². The minimum Gasteiger partial charge on any atom is -0.487 e. The maximum Gasteiger partial charge on any atom is 0.264 e. The summed E-state index contributed by atoms with van der Waals surface area (Å²) in [5.74, 6) is 0.659. The summed E-state index contributed by atoms with van der Waals surface area (Å²) in [5.41, 5.74) is 7.41. The fourth-order valence-corrected chi connectivity index (χ4v) is 4.57. The predicted octanol–water partition coefficient (Wildman–Crippen LogP) is 2.93. The summed E-state index contributed by atoms with van der Waals surface area (Å²) in [5, 5.41) is 0.649. The van der Waals surface area contributed by atoms with Gasteiger partial charge in [-0.05, 0) is 48.2 Å². The van der Waals surface area contributed by atoms with Crippen LogP contribution in [0.25, 0.3) is 11.1 Å². The van der Waals surface area contributed by atoms with E-state index in [2.05, 4.69) is 4.99 Å². The molecule has 0 radical (unpaired) electrons. The van der Waals surface area contributed by atoms with Crippen LogP contribution >= 0.6 is 11.6 Å². The van der Waals surface area contributed by atoms with Gasteiger partial charge < -0.3 is 15.2 Å². The van der Waals surface area contributed by atoms with Crippen molar-refractivity contribution in [2.75, 3.05) is 13.7 Å². The molecule has 1 spiro atoms. The molecule has 0 aliphatic carbocycles. The molecule has 144 valence electrons. The minimum absolute atomic E-state index is 0.185. The monoisotopic (exact) mass is 397 g/mol. The van der Waals surface area contributed by atoms with E-state index >= 15 is 0 Å². The van der Waals surface area contributed by atoms with Crippen LogP contribution in [0.3, 0.4) is 0 Å². The molecule has 0 bridgehead atoms. The van der Waals surface area contributed by atoms with Crippen molar-refractivity contribution >= 4 is 23.5 Å². The third-order valence-corrected chi connectivity index (χ3v) is 6.01. The molecule has 3 aliphatic heterocycles. The van der Waals surface area contributed by atoms with Crippen molar-refractivity contribution in [3.63, 3.8) is 0 Å². The molecule has 6 nitrogen and oxygen atoms in total. The van der Waals surface area contributed by atoms with Crippen LogP contribution in [0.15, 0.2) is 47.5 Å².